The third-order valence-electron chi connectivity index (χ3n) is 7.16. The second-order valence-corrected chi connectivity index (χ2v) is 11.3. The van der Waals surface area contributed by atoms with Crippen LogP contribution in [0.15, 0.2) is 58.9 Å². The molecule has 1 amide bonds. The molecule has 2 fully saturated rings. The fourth-order valence-corrected chi connectivity index (χ4v) is 7.11. The number of hydrogen-bond donors (Lipinski definition) is 2. The first-order valence-corrected chi connectivity index (χ1v) is 13.5. The highest BCUT2D eigenvalue weighted by Crippen LogP contribution is 2.54. The maximum atomic E-state index is 12.8. The number of esters is 1. The van der Waals surface area contributed by atoms with E-state index in [1.54, 1.807) is 29.5 Å². The molecule has 1 saturated carbocycles. The summed E-state index contributed by atoms with van der Waals surface area (Å²) in [5, 5.41) is 15.5. The molecule has 2 aromatic rings. The van der Waals surface area contributed by atoms with Crippen molar-refractivity contribution in [3.05, 3.63) is 69.4 Å². The minimum atomic E-state index is -0.756. The molecule has 2 heterocycles. The zero-order valence-electron chi connectivity index (χ0n) is 19.8. The van der Waals surface area contributed by atoms with E-state index in [2.05, 4.69) is 32.7 Å². The van der Waals surface area contributed by atoms with Gasteiger partial charge in [0.05, 0.1) is 0 Å². The smallest absolute Gasteiger partial charge is 0.303 e. The average molecular weight is 560 g/mol. The minimum Gasteiger partial charge on any atom is -0.508 e. The number of aromatic hydroxyl groups is 1. The van der Waals surface area contributed by atoms with E-state index < -0.39 is 11.0 Å². The molecule has 3 atom stereocenters. The van der Waals surface area contributed by atoms with Crippen molar-refractivity contribution >= 4 is 45.2 Å². The summed E-state index contributed by atoms with van der Waals surface area (Å²) in [5.41, 5.74) is -0.350. The first kappa shape index (κ1) is 25.7. The van der Waals surface area contributed by atoms with Crippen LogP contribution in [-0.2, 0) is 19.7 Å². The fraction of sp³-hybridized carbons (Fsp3) is 0.407. The molecule has 1 aromatic heterocycles. The first-order chi connectivity index (χ1) is 16.7. The number of phenolic OH excluding ortho intramolecular Hbond substituents is 1. The first-order valence-electron chi connectivity index (χ1n) is 11.8. The van der Waals surface area contributed by atoms with E-state index in [1.807, 2.05) is 35.7 Å². The van der Waals surface area contributed by atoms with Crippen LogP contribution < -0.4 is 5.32 Å². The number of rotatable bonds is 7. The van der Waals surface area contributed by atoms with Gasteiger partial charge in [0.25, 0.3) is 0 Å². The van der Waals surface area contributed by atoms with E-state index in [9.17, 15) is 14.7 Å². The number of nitrogens with zero attached hydrogens (tertiary/aromatic N) is 1. The predicted octanol–water partition coefficient (Wildman–Crippen LogP) is 5.03. The summed E-state index contributed by atoms with van der Waals surface area (Å²) in [6.45, 7) is 7.43. The Bertz CT molecular complexity index is 1130. The van der Waals surface area contributed by atoms with Gasteiger partial charge in [-0.15, -0.1) is 17.9 Å². The summed E-state index contributed by atoms with van der Waals surface area (Å²) in [5.74, 6) is -0.282. The molecule has 1 aliphatic heterocycles. The molecule has 1 aliphatic carbocycles. The molecule has 35 heavy (non-hydrogen) atoms. The topological polar surface area (TPSA) is 78.9 Å². The lowest BCUT2D eigenvalue weighted by molar-refractivity contribution is -0.186. The number of phenols is 1. The molecular formula is C27H31BrN2O4S. The van der Waals surface area contributed by atoms with Crippen molar-refractivity contribution in [1.29, 1.82) is 0 Å². The monoisotopic (exact) mass is 558 g/mol. The van der Waals surface area contributed by atoms with Crippen LogP contribution in [-0.4, -0.2) is 53.2 Å². The molecule has 1 aromatic carbocycles. The fourth-order valence-electron chi connectivity index (χ4n) is 5.77. The van der Waals surface area contributed by atoms with Gasteiger partial charge in [0.2, 0.25) is 5.91 Å². The number of benzene rings is 1. The third kappa shape index (κ3) is 5.55. The Hall–Kier alpha value is -2.42. The molecule has 0 unspecified atom stereocenters. The molecular weight excluding hydrogens is 528 g/mol. The standard InChI is InChI=1S/C27H31BrN2O4S/c1-3-12-30-13-11-26(20-5-4-6-23(32)14-20)16-22(9-10-27(26,18-30)34-19(2)31)29-25(33)8-7-24-15-21(28)17-35-24/h3-8,14-15,17,22,32H,1,9-13,16,18H2,2H3,(H,29,33)/b8-7+/t22-,26+,27+/m1/s1. The number of amides is 1. The zero-order valence-corrected chi connectivity index (χ0v) is 22.2. The lowest BCUT2D eigenvalue weighted by Gasteiger charge is -2.59. The normalized spacial score (nSPS) is 26.7. The summed E-state index contributed by atoms with van der Waals surface area (Å²) in [6, 6.07) is 9.14. The number of halogens is 1. The van der Waals surface area contributed by atoms with Gasteiger partial charge >= 0.3 is 5.97 Å². The van der Waals surface area contributed by atoms with Gasteiger partial charge in [-0.1, -0.05) is 18.2 Å². The number of piperidine rings is 1. The summed E-state index contributed by atoms with van der Waals surface area (Å²) in [6.07, 6.45) is 7.92. The third-order valence-corrected chi connectivity index (χ3v) is 8.81. The predicted molar refractivity (Wildman–Crippen MR) is 142 cm³/mol. The molecule has 1 saturated heterocycles. The largest absolute Gasteiger partial charge is 0.508 e. The zero-order chi connectivity index (χ0) is 25.1. The van der Waals surface area contributed by atoms with Crippen LogP contribution >= 0.6 is 27.3 Å². The Morgan fingerprint density at radius 3 is 2.89 bits per heavy atom. The van der Waals surface area contributed by atoms with E-state index in [4.69, 9.17) is 4.74 Å². The van der Waals surface area contributed by atoms with Crippen LogP contribution in [0.2, 0.25) is 0 Å². The molecule has 0 spiro atoms. The highest BCUT2D eigenvalue weighted by molar-refractivity contribution is 9.10. The number of likely N-dealkylation sites (tertiary alicyclic amines) is 1. The Labute approximate surface area is 218 Å². The van der Waals surface area contributed by atoms with Crippen molar-refractivity contribution in [2.75, 3.05) is 19.6 Å². The number of ether oxygens (including phenoxy) is 1. The summed E-state index contributed by atoms with van der Waals surface area (Å²) < 4.78 is 7.18. The van der Waals surface area contributed by atoms with E-state index in [-0.39, 0.29) is 23.7 Å². The van der Waals surface area contributed by atoms with Crippen molar-refractivity contribution in [2.45, 2.75) is 49.7 Å². The van der Waals surface area contributed by atoms with Gasteiger partial charge in [0.15, 0.2) is 0 Å². The van der Waals surface area contributed by atoms with Crippen molar-refractivity contribution in [3.8, 4) is 5.75 Å². The van der Waals surface area contributed by atoms with Gasteiger partial charge in [-0.05, 0) is 78.0 Å². The number of carbonyl (C=O) groups excluding carboxylic acids is 2. The van der Waals surface area contributed by atoms with Crippen LogP contribution in [0.25, 0.3) is 6.08 Å². The maximum absolute atomic E-state index is 12.8. The Balaban J connectivity index is 1.64. The van der Waals surface area contributed by atoms with Crippen molar-refractivity contribution in [1.82, 2.24) is 10.2 Å². The van der Waals surface area contributed by atoms with E-state index >= 15 is 0 Å². The van der Waals surface area contributed by atoms with Crippen LogP contribution in [0.4, 0.5) is 0 Å². The second-order valence-electron chi connectivity index (χ2n) is 9.44. The number of carbonyl (C=O) groups is 2. The quantitative estimate of drug-likeness (QED) is 0.283. The van der Waals surface area contributed by atoms with Gasteiger partial charge < -0.3 is 15.2 Å². The van der Waals surface area contributed by atoms with Crippen molar-refractivity contribution in [2.24, 2.45) is 0 Å². The molecule has 186 valence electrons. The van der Waals surface area contributed by atoms with Gasteiger partial charge in [-0.25, -0.2) is 0 Å². The van der Waals surface area contributed by atoms with Crippen molar-refractivity contribution < 1.29 is 19.4 Å². The number of fused-ring (bicyclic) bond motifs is 1. The summed E-state index contributed by atoms with van der Waals surface area (Å²) in [7, 11) is 0. The van der Waals surface area contributed by atoms with Gasteiger partial charge in [-0.2, -0.15) is 0 Å². The van der Waals surface area contributed by atoms with Gasteiger partial charge in [-0.3, -0.25) is 14.5 Å². The molecule has 2 aliphatic rings. The summed E-state index contributed by atoms with van der Waals surface area (Å²) >= 11 is 5.00. The minimum absolute atomic E-state index is 0.0841. The molecule has 8 heteroatoms. The molecule has 6 nitrogen and oxygen atoms in total. The van der Waals surface area contributed by atoms with Gasteiger partial charge in [0, 0.05) is 52.3 Å². The SMILES string of the molecule is C=CCN1CC[C@@]2(c3cccc(O)c3)C[C@H](NC(=O)/C=C/c3cc(Br)cs3)CC[C@]2(OC(C)=O)C1. The highest BCUT2D eigenvalue weighted by atomic mass is 79.9. The summed E-state index contributed by atoms with van der Waals surface area (Å²) in [4.78, 5) is 28.4. The Morgan fingerprint density at radius 1 is 1.37 bits per heavy atom. The number of hydrogen-bond acceptors (Lipinski definition) is 6. The maximum Gasteiger partial charge on any atom is 0.303 e. The number of thiophene rings is 1. The lowest BCUT2D eigenvalue weighted by atomic mass is 9.55. The van der Waals surface area contributed by atoms with Crippen LogP contribution in [0.3, 0.4) is 0 Å². The molecule has 2 N–H and O–H groups in total. The van der Waals surface area contributed by atoms with Gasteiger partial charge in [0.1, 0.15) is 11.4 Å². The van der Waals surface area contributed by atoms with E-state index in [0.717, 1.165) is 27.9 Å². The van der Waals surface area contributed by atoms with E-state index in [1.165, 1.54) is 6.92 Å². The molecule has 4 rings (SSSR count). The van der Waals surface area contributed by atoms with Crippen LogP contribution in [0.1, 0.15) is 43.0 Å². The van der Waals surface area contributed by atoms with E-state index in [0.29, 0.717) is 32.4 Å². The van der Waals surface area contributed by atoms with Crippen LogP contribution in [0, 0.1) is 0 Å². The Kier molecular flexibility index (Phi) is 7.83. The average Bonchev–Trinajstić information content (AvgIpc) is 3.23. The molecule has 0 bridgehead atoms. The second kappa shape index (κ2) is 10.7. The lowest BCUT2D eigenvalue weighted by Crippen LogP contribution is -2.68. The number of nitrogens with one attached hydrogen (secondary N) is 1. The van der Waals surface area contributed by atoms with Crippen LogP contribution in [0.5, 0.6) is 5.75 Å². The Morgan fingerprint density at radius 2 is 2.20 bits per heavy atom. The molecule has 0 radical (unpaired) electrons. The highest BCUT2D eigenvalue weighted by Gasteiger charge is 2.60. The van der Waals surface area contributed by atoms with Crippen molar-refractivity contribution in [3.63, 3.8) is 0 Å².